The van der Waals surface area contributed by atoms with E-state index in [1.54, 1.807) is 6.92 Å². The van der Waals surface area contributed by atoms with Gasteiger partial charge < -0.3 is 10.4 Å². The van der Waals surface area contributed by atoms with Crippen LogP contribution in [0.3, 0.4) is 0 Å². The Labute approximate surface area is 90.9 Å². The summed E-state index contributed by atoms with van der Waals surface area (Å²) in [5.74, 6) is 0.873. The zero-order chi connectivity index (χ0) is 11.3. The van der Waals surface area contributed by atoms with E-state index >= 15 is 0 Å². The van der Waals surface area contributed by atoms with Gasteiger partial charge in [-0.15, -0.1) is 0 Å². The van der Waals surface area contributed by atoms with Gasteiger partial charge >= 0.3 is 0 Å². The number of aromatic nitrogens is 1. The monoisotopic (exact) mass is 209 g/mol. The number of anilines is 1. The first-order valence-electron chi connectivity index (χ1n) is 5.12. The predicted octanol–water partition coefficient (Wildman–Crippen LogP) is 0.936. The molecular formula is C11H19N3O. The fourth-order valence-corrected chi connectivity index (χ4v) is 1.50. The molecule has 1 heterocycles. The van der Waals surface area contributed by atoms with Crippen LogP contribution in [0.2, 0.25) is 0 Å². The van der Waals surface area contributed by atoms with Gasteiger partial charge in [0.1, 0.15) is 5.82 Å². The van der Waals surface area contributed by atoms with Crippen molar-refractivity contribution >= 4 is 5.82 Å². The molecular weight excluding hydrogens is 190 g/mol. The zero-order valence-electron chi connectivity index (χ0n) is 9.57. The zero-order valence-corrected chi connectivity index (χ0v) is 9.57. The van der Waals surface area contributed by atoms with E-state index in [-0.39, 0.29) is 6.10 Å². The lowest BCUT2D eigenvalue weighted by Crippen LogP contribution is -2.27. The summed E-state index contributed by atoms with van der Waals surface area (Å²) in [7, 11) is 3.83. The number of hydrogen-bond donors (Lipinski definition) is 2. The van der Waals surface area contributed by atoms with E-state index in [0.717, 1.165) is 18.1 Å². The van der Waals surface area contributed by atoms with Gasteiger partial charge in [-0.2, -0.15) is 0 Å². The minimum atomic E-state index is -0.303. The maximum Gasteiger partial charge on any atom is 0.126 e. The average Bonchev–Trinajstić information content (AvgIpc) is 2.16. The molecule has 0 aliphatic rings. The Morgan fingerprint density at radius 3 is 2.87 bits per heavy atom. The van der Waals surface area contributed by atoms with Crippen LogP contribution in [0.4, 0.5) is 5.82 Å². The second kappa shape index (κ2) is 5.68. The molecule has 1 atom stereocenters. The first kappa shape index (κ1) is 11.9. The fourth-order valence-electron chi connectivity index (χ4n) is 1.50. The molecule has 0 aliphatic heterocycles. The molecule has 0 saturated heterocycles. The van der Waals surface area contributed by atoms with Gasteiger partial charge in [0.15, 0.2) is 0 Å². The molecule has 0 radical (unpaired) electrons. The van der Waals surface area contributed by atoms with E-state index in [2.05, 4.69) is 10.3 Å². The van der Waals surface area contributed by atoms with Crippen molar-refractivity contribution in [1.82, 2.24) is 9.88 Å². The number of likely N-dealkylation sites (N-methyl/N-ethyl adjacent to an activating group) is 1. The van der Waals surface area contributed by atoms with E-state index in [1.807, 2.05) is 37.2 Å². The van der Waals surface area contributed by atoms with E-state index in [1.165, 1.54) is 0 Å². The Balaban J connectivity index is 2.55. The fraction of sp³-hybridized carbons (Fsp3) is 0.545. The summed E-state index contributed by atoms with van der Waals surface area (Å²) in [6.07, 6.45) is -0.303. The Morgan fingerprint density at radius 2 is 2.27 bits per heavy atom. The summed E-state index contributed by atoms with van der Waals surface area (Å²) in [6, 6.07) is 5.89. The normalized spacial score (nSPS) is 12.9. The van der Waals surface area contributed by atoms with Crippen molar-refractivity contribution in [3.63, 3.8) is 0 Å². The number of nitrogens with zero attached hydrogens (tertiary/aromatic N) is 2. The van der Waals surface area contributed by atoms with Crippen LogP contribution in [0.15, 0.2) is 18.2 Å². The Bertz CT molecular complexity index is 302. The number of pyridine rings is 1. The Hall–Kier alpha value is -1.13. The molecule has 4 heteroatoms. The number of aliphatic hydroxyl groups is 1. The van der Waals surface area contributed by atoms with Crippen LogP contribution in [-0.2, 0) is 6.54 Å². The van der Waals surface area contributed by atoms with Crippen molar-refractivity contribution in [2.75, 3.05) is 26.0 Å². The minimum absolute atomic E-state index is 0.303. The molecule has 0 aromatic carbocycles. The summed E-state index contributed by atoms with van der Waals surface area (Å²) >= 11 is 0. The highest BCUT2D eigenvalue weighted by atomic mass is 16.3. The van der Waals surface area contributed by atoms with Crippen LogP contribution in [0.25, 0.3) is 0 Å². The summed E-state index contributed by atoms with van der Waals surface area (Å²) in [5.41, 5.74) is 1.00. The van der Waals surface area contributed by atoms with Gasteiger partial charge in [-0.25, -0.2) is 4.98 Å². The molecule has 1 aromatic rings. The highest BCUT2D eigenvalue weighted by Crippen LogP contribution is 2.06. The van der Waals surface area contributed by atoms with E-state index in [0.29, 0.717) is 6.54 Å². The summed E-state index contributed by atoms with van der Waals surface area (Å²) < 4.78 is 0. The van der Waals surface area contributed by atoms with Gasteiger partial charge in [0.05, 0.1) is 11.8 Å². The van der Waals surface area contributed by atoms with Crippen molar-refractivity contribution in [2.24, 2.45) is 0 Å². The standard InChI is InChI=1S/C11H19N3O/c1-9(15)7-14(3)8-10-5-4-6-11(12-2)13-10/h4-6,9,15H,7-8H2,1-3H3,(H,12,13). The Morgan fingerprint density at radius 1 is 1.53 bits per heavy atom. The lowest BCUT2D eigenvalue weighted by molar-refractivity contribution is 0.138. The lowest BCUT2D eigenvalue weighted by Gasteiger charge is -2.17. The molecule has 1 aromatic heterocycles. The van der Waals surface area contributed by atoms with Crippen molar-refractivity contribution in [3.8, 4) is 0 Å². The maximum absolute atomic E-state index is 9.23. The largest absolute Gasteiger partial charge is 0.392 e. The molecule has 0 fully saturated rings. The van der Waals surface area contributed by atoms with Crippen molar-refractivity contribution < 1.29 is 5.11 Å². The Kier molecular flexibility index (Phi) is 4.52. The molecule has 84 valence electrons. The summed E-state index contributed by atoms with van der Waals surface area (Å²) in [6.45, 7) is 3.19. The van der Waals surface area contributed by atoms with Crippen molar-refractivity contribution in [1.29, 1.82) is 0 Å². The van der Waals surface area contributed by atoms with E-state index in [9.17, 15) is 5.11 Å². The molecule has 0 amide bonds. The molecule has 1 unspecified atom stereocenters. The molecule has 4 nitrogen and oxygen atoms in total. The van der Waals surface area contributed by atoms with Crippen LogP contribution in [0.1, 0.15) is 12.6 Å². The summed E-state index contributed by atoms with van der Waals surface area (Å²) in [5, 5.41) is 12.2. The van der Waals surface area contributed by atoms with Crippen molar-refractivity contribution in [3.05, 3.63) is 23.9 Å². The molecule has 0 aliphatic carbocycles. The maximum atomic E-state index is 9.23. The van der Waals surface area contributed by atoms with Gasteiger partial charge in [0, 0.05) is 20.1 Å². The third kappa shape index (κ3) is 4.27. The van der Waals surface area contributed by atoms with Gasteiger partial charge in [0.2, 0.25) is 0 Å². The highest BCUT2D eigenvalue weighted by Gasteiger charge is 2.04. The smallest absolute Gasteiger partial charge is 0.126 e. The topological polar surface area (TPSA) is 48.4 Å². The third-order valence-electron chi connectivity index (χ3n) is 2.07. The van der Waals surface area contributed by atoms with E-state index < -0.39 is 0 Å². The second-order valence-electron chi connectivity index (χ2n) is 3.81. The van der Waals surface area contributed by atoms with Gasteiger partial charge in [-0.1, -0.05) is 6.07 Å². The number of nitrogens with one attached hydrogen (secondary N) is 1. The quantitative estimate of drug-likeness (QED) is 0.757. The van der Waals surface area contributed by atoms with Gasteiger partial charge in [-0.05, 0) is 26.1 Å². The molecule has 0 bridgehead atoms. The summed E-state index contributed by atoms with van der Waals surface area (Å²) in [4.78, 5) is 6.45. The molecule has 0 saturated carbocycles. The molecule has 0 spiro atoms. The number of aliphatic hydroxyl groups excluding tert-OH is 1. The van der Waals surface area contributed by atoms with Crippen LogP contribution < -0.4 is 5.32 Å². The molecule has 15 heavy (non-hydrogen) atoms. The second-order valence-corrected chi connectivity index (χ2v) is 3.81. The average molecular weight is 209 g/mol. The van der Waals surface area contributed by atoms with Crippen molar-refractivity contribution in [2.45, 2.75) is 19.6 Å². The van der Waals surface area contributed by atoms with Gasteiger partial charge in [0.25, 0.3) is 0 Å². The highest BCUT2D eigenvalue weighted by molar-refractivity contribution is 5.34. The SMILES string of the molecule is CNc1cccc(CN(C)CC(C)O)n1. The minimum Gasteiger partial charge on any atom is -0.392 e. The molecule has 1 rings (SSSR count). The first-order chi connectivity index (χ1) is 7.11. The van der Waals surface area contributed by atoms with Gasteiger partial charge in [-0.3, -0.25) is 4.90 Å². The lowest BCUT2D eigenvalue weighted by atomic mass is 10.3. The van der Waals surface area contributed by atoms with Crippen LogP contribution in [-0.4, -0.2) is 41.7 Å². The predicted molar refractivity (Wildman–Crippen MR) is 61.8 cm³/mol. The number of hydrogen-bond acceptors (Lipinski definition) is 4. The van der Waals surface area contributed by atoms with Crippen LogP contribution in [0.5, 0.6) is 0 Å². The van der Waals surface area contributed by atoms with E-state index in [4.69, 9.17) is 0 Å². The molecule has 2 N–H and O–H groups in total. The van der Waals surface area contributed by atoms with Crippen LogP contribution >= 0.6 is 0 Å². The number of rotatable bonds is 5. The van der Waals surface area contributed by atoms with Crippen LogP contribution in [0, 0.1) is 0 Å². The first-order valence-corrected chi connectivity index (χ1v) is 5.12. The third-order valence-corrected chi connectivity index (χ3v) is 2.07.